The highest BCUT2D eigenvalue weighted by Gasteiger charge is 2.49. The third kappa shape index (κ3) is 9.66. The van der Waals surface area contributed by atoms with Crippen LogP contribution in [-0.4, -0.2) is 6.85 Å². The van der Waals surface area contributed by atoms with Crippen molar-refractivity contribution < 1.29 is 4.42 Å². The Kier molecular flexibility index (Phi) is 13.2. The first-order chi connectivity index (χ1) is 39.9. The zero-order valence-electron chi connectivity index (χ0n) is 52.1. The van der Waals surface area contributed by atoms with Crippen molar-refractivity contribution in [2.45, 2.75) is 150 Å². The van der Waals surface area contributed by atoms with Gasteiger partial charge in [0.2, 0.25) is 0 Å². The molecule has 0 radical (unpaired) electrons. The standard InChI is InChI=1S/C79H82BN3O/c1-51-22-18-19-25-54(51)44-52-45-66-65-48-61(82(59-34-30-56(31-35-59)75(2,3)4)60-36-32-57(33-37-60)76(5,6)7)39-41-69(65)83(62-38-40-67-68(49-62)79(13,14)43-42-78(67,11)12)80-72(66)70(46-52)81(73-63-26-20-21-27-71(63)84-74(73)80)50-55-28-29-58(77(8,9)10)47-64(55)53-23-16-15-17-24-53/h15-41,45-49H,42-44,50H2,1-14H3. The molecule has 0 amide bonds. The quantitative estimate of drug-likeness (QED) is 0.134. The lowest BCUT2D eigenvalue weighted by atomic mass is 9.45. The molecule has 5 heteroatoms. The smallest absolute Gasteiger partial charge is 0.375 e. The largest absolute Gasteiger partial charge is 0.466 e. The summed E-state index contributed by atoms with van der Waals surface area (Å²) in [5, 5.41) is 1.12. The molecule has 0 saturated heterocycles. The van der Waals surface area contributed by atoms with Crippen LogP contribution in [0.15, 0.2) is 199 Å². The number of anilines is 7. The fourth-order valence-electron chi connectivity index (χ4n) is 13.9. The van der Waals surface area contributed by atoms with Gasteiger partial charge in [-0.1, -0.05) is 211 Å². The highest BCUT2D eigenvalue weighted by molar-refractivity contribution is 6.93. The maximum absolute atomic E-state index is 7.53. The molecular formula is C79H82BN3O. The second kappa shape index (κ2) is 20.1. The van der Waals surface area contributed by atoms with Crippen LogP contribution in [0.4, 0.5) is 39.8 Å². The maximum Gasteiger partial charge on any atom is 0.375 e. The van der Waals surface area contributed by atoms with E-state index in [0.717, 1.165) is 64.3 Å². The molecule has 0 N–H and O–H groups in total. The molecule has 0 unspecified atom stereocenters. The van der Waals surface area contributed by atoms with Gasteiger partial charge in [-0.15, -0.1) is 0 Å². The van der Waals surface area contributed by atoms with Gasteiger partial charge in [0.1, 0.15) is 11.2 Å². The summed E-state index contributed by atoms with van der Waals surface area (Å²) in [4.78, 5) is 7.77. The summed E-state index contributed by atoms with van der Waals surface area (Å²) in [6.45, 7) is 33.1. The minimum Gasteiger partial charge on any atom is -0.466 e. The molecule has 3 aliphatic rings. The maximum atomic E-state index is 7.53. The molecule has 0 spiro atoms. The molecule has 0 fully saturated rings. The highest BCUT2D eigenvalue weighted by atomic mass is 16.3. The first-order valence-corrected chi connectivity index (χ1v) is 30.7. The average Bonchev–Trinajstić information content (AvgIpc) is 1.30. The van der Waals surface area contributed by atoms with Gasteiger partial charge in [0, 0.05) is 51.6 Å². The zero-order valence-corrected chi connectivity index (χ0v) is 52.1. The van der Waals surface area contributed by atoms with E-state index in [1.165, 1.54) is 89.2 Å². The van der Waals surface area contributed by atoms with E-state index < -0.39 is 0 Å². The third-order valence-corrected chi connectivity index (χ3v) is 19.1. The molecule has 0 atom stereocenters. The molecule has 9 aromatic carbocycles. The van der Waals surface area contributed by atoms with Crippen LogP contribution in [0.25, 0.3) is 33.2 Å². The van der Waals surface area contributed by atoms with E-state index >= 15 is 0 Å². The monoisotopic (exact) mass is 1100 g/mol. The fourth-order valence-corrected chi connectivity index (χ4v) is 13.9. The molecule has 10 aromatic rings. The minimum atomic E-state index is -0.292. The van der Waals surface area contributed by atoms with Gasteiger partial charge in [-0.25, -0.2) is 0 Å². The number of hydrogen-bond acceptors (Lipinski definition) is 4. The second-order valence-electron chi connectivity index (χ2n) is 29.0. The van der Waals surface area contributed by atoms with E-state index in [4.69, 9.17) is 4.42 Å². The van der Waals surface area contributed by atoms with Crippen LogP contribution in [0.2, 0.25) is 0 Å². The predicted octanol–water partition coefficient (Wildman–Crippen LogP) is 20.3. The van der Waals surface area contributed by atoms with Crippen LogP contribution in [-0.2, 0) is 40.0 Å². The van der Waals surface area contributed by atoms with Crippen LogP contribution in [0.3, 0.4) is 0 Å². The van der Waals surface area contributed by atoms with Crippen LogP contribution < -0.4 is 25.7 Å². The lowest BCUT2D eigenvalue weighted by Crippen LogP contribution is -2.61. The number of hydrogen-bond donors (Lipinski definition) is 0. The highest BCUT2D eigenvalue weighted by Crippen LogP contribution is 2.53. The Morgan fingerprint density at radius 2 is 1.10 bits per heavy atom. The molecular weight excluding hydrogens is 1020 g/mol. The fraction of sp³-hybridized carbons (Fsp3) is 0.291. The van der Waals surface area contributed by atoms with Crippen molar-refractivity contribution in [3.63, 3.8) is 0 Å². The molecule has 4 nitrogen and oxygen atoms in total. The van der Waals surface area contributed by atoms with E-state index in [2.05, 4.69) is 306 Å². The Morgan fingerprint density at radius 3 is 1.75 bits per heavy atom. The van der Waals surface area contributed by atoms with Gasteiger partial charge in [0.15, 0.2) is 0 Å². The number of nitrogens with zero attached hydrogens (tertiary/aromatic N) is 3. The lowest BCUT2D eigenvalue weighted by Gasteiger charge is -2.46. The summed E-state index contributed by atoms with van der Waals surface area (Å²) in [6, 6.07) is 74.3. The summed E-state index contributed by atoms with van der Waals surface area (Å²) in [6.07, 6.45) is 3.08. The van der Waals surface area contributed by atoms with Crippen molar-refractivity contribution >= 4 is 68.8 Å². The van der Waals surface area contributed by atoms with Crippen molar-refractivity contribution in [1.29, 1.82) is 0 Å². The minimum absolute atomic E-state index is 0.00462. The molecule has 3 heterocycles. The van der Waals surface area contributed by atoms with Crippen molar-refractivity contribution in [3.8, 4) is 22.3 Å². The number of benzene rings is 9. The summed E-state index contributed by atoms with van der Waals surface area (Å²) < 4.78 is 7.53. The molecule has 1 aromatic heterocycles. The van der Waals surface area contributed by atoms with Gasteiger partial charge in [-0.3, -0.25) is 0 Å². The summed E-state index contributed by atoms with van der Waals surface area (Å²) in [5.74, 6) is 0. The molecule has 13 rings (SSSR count). The van der Waals surface area contributed by atoms with Crippen molar-refractivity contribution in [1.82, 2.24) is 0 Å². The first kappa shape index (κ1) is 55.2. The second-order valence-corrected chi connectivity index (χ2v) is 29.0. The number of fused-ring (bicyclic) bond motifs is 7. The van der Waals surface area contributed by atoms with E-state index in [1.807, 2.05) is 0 Å². The molecule has 0 saturated carbocycles. The predicted molar refractivity (Wildman–Crippen MR) is 359 cm³/mol. The molecule has 0 bridgehead atoms. The molecule has 84 heavy (non-hydrogen) atoms. The van der Waals surface area contributed by atoms with Crippen molar-refractivity contribution in [2.24, 2.45) is 0 Å². The Bertz CT molecular complexity index is 4100. The molecule has 1 aliphatic carbocycles. The Morgan fingerprint density at radius 1 is 0.500 bits per heavy atom. The van der Waals surface area contributed by atoms with Crippen LogP contribution in [0.5, 0.6) is 0 Å². The van der Waals surface area contributed by atoms with Gasteiger partial charge in [-0.05, 0) is 198 Å². The van der Waals surface area contributed by atoms with E-state index in [1.54, 1.807) is 0 Å². The number of furan rings is 1. The van der Waals surface area contributed by atoms with Gasteiger partial charge in [0.05, 0.1) is 5.69 Å². The summed E-state index contributed by atoms with van der Waals surface area (Å²) in [5.41, 5.74) is 28.1. The van der Waals surface area contributed by atoms with Gasteiger partial charge < -0.3 is 19.0 Å². The van der Waals surface area contributed by atoms with Crippen LogP contribution in [0, 0.1) is 6.92 Å². The Balaban J connectivity index is 1.11. The van der Waals surface area contributed by atoms with E-state index in [0.29, 0.717) is 6.54 Å². The molecule has 422 valence electrons. The molecule has 2 aliphatic heterocycles. The van der Waals surface area contributed by atoms with Gasteiger partial charge >= 0.3 is 6.85 Å². The average molecular weight is 1100 g/mol. The zero-order chi connectivity index (χ0) is 58.8. The van der Waals surface area contributed by atoms with Crippen molar-refractivity contribution in [3.05, 3.63) is 244 Å². The number of aryl methyl sites for hydroxylation is 1. The topological polar surface area (TPSA) is 22.9 Å². The van der Waals surface area contributed by atoms with Crippen molar-refractivity contribution in [2.75, 3.05) is 14.6 Å². The van der Waals surface area contributed by atoms with Gasteiger partial charge in [0.25, 0.3) is 0 Å². The lowest BCUT2D eigenvalue weighted by molar-refractivity contribution is 0.332. The first-order valence-electron chi connectivity index (χ1n) is 30.7. The third-order valence-electron chi connectivity index (χ3n) is 19.1. The van der Waals surface area contributed by atoms with E-state index in [-0.39, 0.29) is 33.9 Å². The Hall–Kier alpha value is -8.02. The van der Waals surface area contributed by atoms with Crippen LogP contribution >= 0.6 is 0 Å². The number of rotatable bonds is 9. The Labute approximate surface area is 501 Å². The van der Waals surface area contributed by atoms with Gasteiger partial charge in [-0.2, -0.15) is 0 Å². The normalized spacial score (nSPS) is 15.1. The van der Waals surface area contributed by atoms with Crippen LogP contribution in [0.1, 0.15) is 153 Å². The summed E-state index contributed by atoms with van der Waals surface area (Å²) in [7, 11) is 0. The SMILES string of the molecule is Cc1ccccc1Cc1cc2c3c(c1)N(Cc1ccc(C(C)(C)C)cc1-c1ccccc1)c1c(oc4ccccc14)B3N(c1ccc3c(c1)C(C)(C)CCC3(C)C)c1ccc(N(c3ccc(C(C)(C)C)cc3)c3ccc(C(C)(C)C)cc3)cc1-2. The number of para-hydroxylation sites is 1. The summed E-state index contributed by atoms with van der Waals surface area (Å²) >= 11 is 0. The van der Waals surface area contributed by atoms with E-state index in [9.17, 15) is 0 Å².